The maximum Gasteiger partial charge on any atom is 0.234 e. The molecule has 0 unspecified atom stereocenters. The summed E-state index contributed by atoms with van der Waals surface area (Å²) >= 11 is 0. The van der Waals surface area contributed by atoms with Gasteiger partial charge in [0.1, 0.15) is 0 Å². The number of aliphatic hydroxyl groups excluding tert-OH is 1. The molecule has 2 aliphatic carbocycles. The molecule has 2 fully saturated rings. The van der Waals surface area contributed by atoms with E-state index in [0.29, 0.717) is 19.4 Å². The van der Waals surface area contributed by atoms with Crippen molar-refractivity contribution >= 4 is 5.91 Å². The minimum Gasteiger partial charge on any atom is -0.393 e. The average Bonchev–Trinajstić information content (AvgIpc) is 2.85. The third-order valence-corrected chi connectivity index (χ3v) is 2.89. The Balaban J connectivity index is 1.50. The topological polar surface area (TPSA) is 61.4 Å². The summed E-state index contributed by atoms with van der Waals surface area (Å²) in [4.78, 5) is 11.3. The van der Waals surface area contributed by atoms with Gasteiger partial charge in [-0.25, -0.2) is 0 Å². The van der Waals surface area contributed by atoms with E-state index in [4.69, 9.17) is 5.11 Å². The molecule has 4 heteroatoms. The second-order valence-electron chi connectivity index (χ2n) is 4.46. The van der Waals surface area contributed by atoms with Crippen LogP contribution in [0.25, 0.3) is 0 Å². The molecule has 0 radical (unpaired) electrons. The molecule has 0 atom stereocenters. The first kappa shape index (κ1) is 9.93. The van der Waals surface area contributed by atoms with Gasteiger partial charge in [-0.3, -0.25) is 4.79 Å². The number of hydrogen-bond donors (Lipinski definition) is 3. The van der Waals surface area contributed by atoms with Crippen LogP contribution in [0.1, 0.15) is 25.7 Å². The van der Waals surface area contributed by atoms with Gasteiger partial charge in [0.05, 0.1) is 12.6 Å². The van der Waals surface area contributed by atoms with Crippen molar-refractivity contribution in [3.8, 4) is 0 Å². The molecular formula is C10H18N2O2. The second kappa shape index (κ2) is 4.28. The number of nitrogens with one attached hydrogen (secondary N) is 2. The van der Waals surface area contributed by atoms with Crippen LogP contribution in [0, 0.1) is 5.92 Å². The predicted molar refractivity (Wildman–Crippen MR) is 52.8 cm³/mol. The van der Waals surface area contributed by atoms with Gasteiger partial charge < -0.3 is 15.7 Å². The van der Waals surface area contributed by atoms with Gasteiger partial charge >= 0.3 is 0 Å². The molecule has 0 aromatic carbocycles. The summed E-state index contributed by atoms with van der Waals surface area (Å²) < 4.78 is 0. The molecule has 1 amide bonds. The second-order valence-corrected chi connectivity index (χ2v) is 4.46. The van der Waals surface area contributed by atoms with Gasteiger partial charge in [0, 0.05) is 6.04 Å². The van der Waals surface area contributed by atoms with E-state index < -0.39 is 0 Å². The lowest BCUT2D eigenvalue weighted by molar-refractivity contribution is -0.122. The third-order valence-electron chi connectivity index (χ3n) is 2.89. The van der Waals surface area contributed by atoms with Crippen LogP contribution in [0.2, 0.25) is 0 Å². The summed E-state index contributed by atoms with van der Waals surface area (Å²) in [6.07, 6.45) is 3.86. The quantitative estimate of drug-likeness (QED) is 0.564. The van der Waals surface area contributed by atoms with E-state index >= 15 is 0 Å². The summed E-state index contributed by atoms with van der Waals surface area (Å²) in [5, 5.41) is 15.0. The van der Waals surface area contributed by atoms with Crippen molar-refractivity contribution in [3.05, 3.63) is 0 Å². The molecule has 2 rings (SSSR count). The number of aliphatic hydroxyl groups is 1. The van der Waals surface area contributed by atoms with Gasteiger partial charge in [0.15, 0.2) is 0 Å². The van der Waals surface area contributed by atoms with Crippen molar-refractivity contribution in [2.75, 3.05) is 13.1 Å². The minimum atomic E-state index is -0.195. The fourth-order valence-corrected chi connectivity index (χ4v) is 1.70. The van der Waals surface area contributed by atoms with Crippen molar-refractivity contribution in [2.45, 2.75) is 37.8 Å². The smallest absolute Gasteiger partial charge is 0.234 e. The highest BCUT2D eigenvalue weighted by Crippen LogP contribution is 2.27. The van der Waals surface area contributed by atoms with E-state index in [1.54, 1.807) is 0 Å². The lowest BCUT2D eigenvalue weighted by Gasteiger charge is -2.31. The molecule has 80 valence electrons. The maximum absolute atomic E-state index is 11.3. The molecule has 0 aromatic heterocycles. The molecule has 2 aliphatic rings. The summed E-state index contributed by atoms with van der Waals surface area (Å²) in [6.45, 7) is 1.39. The minimum absolute atomic E-state index is 0.0579. The monoisotopic (exact) mass is 198 g/mol. The van der Waals surface area contributed by atoms with Gasteiger partial charge in [-0.15, -0.1) is 0 Å². The lowest BCUT2D eigenvalue weighted by atomic mass is 9.89. The van der Waals surface area contributed by atoms with Gasteiger partial charge in [0.2, 0.25) is 5.91 Å². The lowest BCUT2D eigenvalue weighted by Crippen LogP contribution is -2.49. The Morgan fingerprint density at radius 1 is 1.36 bits per heavy atom. The Hall–Kier alpha value is -0.610. The van der Waals surface area contributed by atoms with Crippen LogP contribution in [-0.4, -0.2) is 36.2 Å². The highest BCUT2D eigenvalue weighted by atomic mass is 16.3. The molecule has 0 bridgehead atoms. The molecule has 0 saturated heterocycles. The largest absolute Gasteiger partial charge is 0.393 e. The number of rotatable bonds is 5. The summed E-state index contributed by atoms with van der Waals surface area (Å²) in [5.74, 6) is 0.871. The van der Waals surface area contributed by atoms with E-state index in [1.807, 2.05) is 0 Å². The van der Waals surface area contributed by atoms with Gasteiger partial charge in [-0.2, -0.15) is 0 Å². The zero-order valence-electron chi connectivity index (χ0n) is 8.33. The Morgan fingerprint density at radius 2 is 2.07 bits per heavy atom. The molecule has 0 heterocycles. The average molecular weight is 198 g/mol. The zero-order valence-corrected chi connectivity index (χ0v) is 8.33. The number of hydrogen-bond acceptors (Lipinski definition) is 3. The predicted octanol–water partition coefficient (Wildman–Crippen LogP) is -0.375. The van der Waals surface area contributed by atoms with Crippen LogP contribution in [0.5, 0.6) is 0 Å². The highest BCUT2D eigenvalue weighted by Gasteiger charge is 2.28. The van der Waals surface area contributed by atoms with Crippen molar-refractivity contribution in [1.82, 2.24) is 10.6 Å². The molecular weight excluding hydrogens is 180 g/mol. The SMILES string of the molecule is O=C(CNCC1CC1)NC1CC(O)C1. The van der Waals surface area contributed by atoms with E-state index in [0.717, 1.165) is 12.5 Å². The van der Waals surface area contributed by atoms with Crippen molar-refractivity contribution in [1.29, 1.82) is 0 Å². The molecule has 0 spiro atoms. The van der Waals surface area contributed by atoms with Crippen molar-refractivity contribution in [2.24, 2.45) is 5.92 Å². The molecule has 14 heavy (non-hydrogen) atoms. The van der Waals surface area contributed by atoms with Crippen LogP contribution >= 0.6 is 0 Å². The summed E-state index contributed by atoms with van der Waals surface area (Å²) in [6, 6.07) is 0.209. The van der Waals surface area contributed by atoms with Gasteiger partial charge in [-0.05, 0) is 38.1 Å². The van der Waals surface area contributed by atoms with Crippen LogP contribution < -0.4 is 10.6 Å². The normalized spacial score (nSPS) is 30.9. The van der Waals surface area contributed by atoms with Crippen molar-refractivity contribution in [3.63, 3.8) is 0 Å². The Morgan fingerprint density at radius 3 is 2.64 bits per heavy atom. The standard InChI is InChI=1S/C10H18N2O2/c13-9-3-8(4-9)12-10(14)6-11-5-7-1-2-7/h7-9,11,13H,1-6H2,(H,12,14). The fourth-order valence-electron chi connectivity index (χ4n) is 1.70. The first-order valence-corrected chi connectivity index (χ1v) is 5.42. The first-order chi connectivity index (χ1) is 6.74. The highest BCUT2D eigenvalue weighted by molar-refractivity contribution is 5.78. The fraction of sp³-hybridized carbons (Fsp3) is 0.900. The van der Waals surface area contributed by atoms with Crippen LogP contribution in [0.15, 0.2) is 0 Å². The Labute approximate surface area is 84.1 Å². The summed E-state index contributed by atoms with van der Waals surface area (Å²) in [7, 11) is 0. The summed E-state index contributed by atoms with van der Waals surface area (Å²) in [5.41, 5.74) is 0. The van der Waals surface area contributed by atoms with E-state index in [9.17, 15) is 4.79 Å². The number of carbonyl (C=O) groups is 1. The van der Waals surface area contributed by atoms with E-state index in [1.165, 1.54) is 12.8 Å². The number of carbonyl (C=O) groups excluding carboxylic acids is 1. The number of amides is 1. The molecule has 0 aromatic rings. The molecule has 2 saturated carbocycles. The third kappa shape index (κ3) is 2.96. The Kier molecular flexibility index (Phi) is 3.03. The van der Waals surface area contributed by atoms with Crippen molar-refractivity contribution < 1.29 is 9.90 Å². The van der Waals surface area contributed by atoms with Crippen LogP contribution in [0.4, 0.5) is 0 Å². The molecule has 0 aliphatic heterocycles. The van der Waals surface area contributed by atoms with Crippen LogP contribution in [0.3, 0.4) is 0 Å². The molecule has 4 nitrogen and oxygen atoms in total. The molecule has 3 N–H and O–H groups in total. The van der Waals surface area contributed by atoms with Gasteiger partial charge in [0.25, 0.3) is 0 Å². The van der Waals surface area contributed by atoms with E-state index in [-0.39, 0.29) is 18.1 Å². The zero-order chi connectivity index (χ0) is 9.97. The van der Waals surface area contributed by atoms with Crippen LogP contribution in [-0.2, 0) is 4.79 Å². The van der Waals surface area contributed by atoms with Gasteiger partial charge in [-0.1, -0.05) is 0 Å². The Bertz CT molecular complexity index is 210. The maximum atomic E-state index is 11.3. The van der Waals surface area contributed by atoms with E-state index in [2.05, 4.69) is 10.6 Å². The first-order valence-electron chi connectivity index (χ1n) is 5.42.